The molecule has 0 aliphatic rings. The topological polar surface area (TPSA) is 0 Å². The van der Waals surface area contributed by atoms with Crippen molar-refractivity contribution in [1.82, 2.24) is 0 Å². The summed E-state index contributed by atoms with van der Waals surface area (Å²) in [5.74, 6) is 0. The van der Waals surface area contributed by atoms with Crippen molar-refractivity contribution in [2.75, 3.05) is 0 Å². The number of aryl methyl sites for hydroxylation is 4. The van der Waals surface area contributed by atoms with Crippen molar-refractivity contribution in [3.05, 3.63) is 46.5 Å². The Labute approximate surface area is 98.3 Å². The Balaban J connectivity index is 2.75. The maximum atomic E-state index is 2.36. The Kier molecular flexibility index (Phi) is 3.00. The maximum Gasteiger partial charge on any atom is -0.0152 e. The zero-order valence-corrected chi connectivity index (χ0v) is 10.7. The highest BCUT2D eigenvalue weighted by atomic mass is 14.1. The Morgan fingerprint density at radius 3 is 2.19 bits per heavy atom. The van der Waals surface area contributed by atoms with Gasteiger partial charge < -0.3 is 0 Å². The fraction of sp³-hybridized carbons (Fsp3) is 0.375. The van der Waals surface area contributed by atoms with Crippen molar-refractivity contribution in [2.45, 2.75) is 40.5 Å². The fourth-order valence-electron chi connectivity index (χ4n) is 2.42. The van der Waals surface area contributed by atoms with Crippen LogP contribution >= 0.6 is 0 Å². The Bertz CT molecular complexity index is 521. The van der Waals surface area contributed by atoms with Gasteiger partial charge in [0.25, 0.3) is 0 Å². The third kappa shape index (κ3) is 1.84. The molecule has 0 nitrogen and oxygen atoms in total. The summed E-state index contributed by atoms with van der Waals surface area (Å²) in [6.07, 6.45) is 2.24. The molecule has 0 saturated heterocycles. The molecule has 0 spiro atoms. The molecule has 0 saturated carbocycles. The molecule has 0 radical (unpaired) electrons. The van der Waals surface area contributed by atoms with Crippen LogP contribution in [0.25, 0.3) is 10.8 Å². The summed E-state index contributed by atoms with van der Waals surface area (Å²) in [7, 11) is 0. The second kappa shape index (κ2) is 4.29. The minimum absolute atomic E-state index is 1.12. The third-order valence-electron chi connectivity index (χ3n) is 3.46. The maximum absolute atomic E-state index is 2.36. The van der Waals surface area contributed by atoms with E-state index in [1.807, 2.05) is 0 Å². The van der Waals surface area contributed by atoms with Gasteiger partial charge in [-0.2, -0.15) is 0 Å². The van der Waals surface area contributed by atoms with E-state index in [4.69, 9.17) is 0 Å². The molecule has 0 aromatic heterocycles. The average molecular weight is 212 g/mol. The molecule has 16 heavy (non-hydrogen) atoms. The van der Waals surface area contributed by atoms with Gasteiger partial charge in [0.05, 0.1) is 0 Å². The molecule has 2 rings (SSSR count). The molecule has 0 heterocycles. The lowest BCUT2D eigenvalue weighted by atomic mass is 9.95. The van der Waals surface area contributed by atoms with E-state index < -0.39 is 0 Å². The van der Waals surface area contributed by atoms with Gasteiger partial charge >= 0.3 is 0 Å². The number of benzene rings is 2. The first-order valence-corrected chi connectivity index (χ1v) is 6.18. The van der Waals surface area contributed by atoms with E-state index in [9.17, 15) is 0 Å². The predicted octanol–water partition coefficient (Wildman–Crippen LogP) is 4.58. The molecular formula is C16H20. The van der Waals surface area contributed by atoms with Crippen LogP contribution in [0.2, 0.25) is 0 Å². The van der Waals surface area contributed by atoms with Gasteiger partial charge in [-0.1, -0.05) is 38.1 Å². The normalized spacial score (nSPS) is 11.0. The van der Waals surface area contributed by atoms with Crippen LogP contribution in [-0.4, -0.2) is 0 Å². The van der Waals surface area contributed by atoms with Gasteiger partial charge in [-0.3, -0.25) is 0 Å². The smallest absolute Gasteiger partial charge is 0.0152 e. The highest BCUT2D eigenvalue weighted by molar-refractivity contribution is 5.87. The van der Waals surface area contributed by atoms with Crippen LogP contribution in [0, 0.1) is 13.8 Å². The van der Waals surface area contributed by atoms with Gasteiger partial charge in [0.1, 0.15) is 0 Å². The van der Waals surface area contributed by atoms with E-state index in [-0.39, 0.29) is 0 Å². The predicted molar refractivity (Wildman–Crippen MR) is 72.2 cm³/mol. The van der Waals surface area contributed by atoms with Crippen LogP contribution in [0.3, 0.4) is 0 Å². The van der Waals surface area contributed by atoms with Crippen molar-refractivity contribution in [2.24, 2.45) is 0 Å². The summed E-state index contributed by atoms with van der Waals surface area (Å²) < 4.78 is 0. The highest BCUT2D eigenvalue weighted by Crippen LogP contribution is 2.25. The van der Waals surface area contributed by atoms with Crippen LogP contribution in [0.1, 0.15) is 36.1 Å². The van der Waals surface area contributed by atoms with Crippen LogP contribution in [0.4, 0.5) is 0 Å². The number of hydrogen-bond donors (Lipinski definition) is 0. The molecule has 84 valence electrons. The minimum atomic E-state index is 1.12. The van der Waals surface area contributed by atoms with E-state index in [1.54, 1.807) is 0 Å². The molecule has 0 N–H and O–H groups in total. The van der Waals surface area contributed by atoms with E-state index >= 15 is 0 Å². The van der Waals surface area contributed by atoms with Crippen LogP contribution in [0.5, 0.6) is 0 Å². The Morgan fingerprint density at radius 1 is 0.812 bits per heavy atom. The fourth-order valence-corrected chi connectivity index (χ4v) is 2.42. The first-order chi connectivity index (χ1) is 7.65. The van der Waals surface area contributed by atoms with Crippen molar-refractivity contribution in [3.63, 3.8) is 0 Å². The lowest BCUT2D eigenvalue weighted by Crippen LogP contribution is -1.91. The van der Waals surface area contributed by atoms with Crippen molar-refractivity contribution < 1.29 is 0 Å². The summed E-state index contributed by atoms with van der Waals surface area (Å²) in [6.45, 7) is 8.88. The molecule has 0 amide bonds. The van der Waals surface area contributed by atoms with E-state index in [2.05, 4.69) is 52.0 Å². The molecule has 2 aromatic rings. The summed E-state index contributed by atoms with van der Waals surface area (Å²) in [4.78, 5) is 0. The lowest BCUT2D eigenvalue weighted by molar-refractivity contribution is 1.11. The van der Waals surface area contributed by atoms with Crippen molar-refractivity contribution in [3.8, 4) is 0 Å². The van der Waals surface area contributed by atoms with Gasteiger partial charge in [-0.25, -0.2) is 0 Å². The number of hydrogen-bond acceptors (Lipinski definition) is 0. The standard InChI is InChI=1S/C16H20/c1-5-13-7-12(4)16-10-14(6-2)11(3)8-15(16)9-13/h7-10H,5-6H2,1-4H3. The van der Waals surface area contributed by atoms with Crippen molar-refractivity contribution in [1.29, 1.82) is 0 Å². The van der Waals surface area contributed by atoms with Crippen molar-refractivity contribution >= 4 is 10.8 Å². The minimum Gasteiger partial charge on any atom is -0.0613 e. The molecule has 0 aliphatic carbocycles. The SMILES string of the molecule is CCc1cc(C)c2cc(CC)c(C)cc2c1. The molecule has 0 heteroatoms. The molecule has 0 bridgehead atoms. The van der Waals surface area contributed by atoms with Gasteiger partial charge in [0, 0.05) is 0 Å². The molecule has 0 fully saturated rings. The summed E-state index contributed by atoms with van der Waals surface area (Å²) >= 11 is 0. The van der Waals surface area contributed by atoms with Gasteiger partial charge in [0.15, 0.2) is 0 Å². The summed E-state index contributed by atoms with van der Waals surface area (Å²) in [5, 5.41) is 2.81. The Hall–Kier alpha value is -1.30. The largest absolute Gasteiger partial charge is 0.0613 e. The second-order valence-corrected chi connectivity index (χ2v) is 4.62. The van der Waals surface area contributed by atoms with Crippen LogP contribution in [0.15, 0.2) is 24.3 Å². The quantitative estimate of drug-likeness (QED) is 0.683. The van der Waals surface area contributed by atoms with E-state index in [0.29, 0.717) is 0 Å². The van der Waals surface area contributed by atoms with Crippen LogP contribution < -0.4 is 0 Å². The molecule has 2 aromatic carbocycles. The lowest BCUT2D eigenvalue weighted by Gasteiger charge is -2.10. The first kappa shape index (κ1) is 11.2. The van der Waals surface area contributed by atoms with Crippen LogP contribution in [-0.2, 0) is 12.8 Å². The van der Waals surface area contributed by atoms with E-state index in [0.717, 1.165) is 12.8 Å². The number of fused-ring (bicyclic) bond motifs is 1. The number of rotatable bonds is 2. The zero-order valence-electron chi connectivity index (χ0n) is 10.7. The zero-order chi connectivity index (χ0) is 11.7. The summed E-state index contributed by atoms with van der Waals surface area (Å²) in [6, 6.07) is 9.34. The highest BCUT2D eigenvalue weighted by Gasteiger charge is 2.03. The average Bonchev–Trinajstić information content (AvgIpc) is 2.28. The van der Waals surface area contributed by atoms with Gasteiger partial charge in [-0.05, 0) is 59.7 Å². The second-order valence-electron chi connectivity index (χ2n) is 4.62. The monoisotopic (exact) mass is 212 g/mol. The molecular weight excluding hydrogens is 192 g/mol. The molecule has 0 atom stereocenters. The first-order valence-electron chi connectivity index (χ1n) is 6.18. The molecule has 0 aliphatic heterocycles. The summed E-state index contributed by atoms with van der Waals surface area (Å²) in [5.41, 5.74) is 5.74. The van der Waals surface area contributed by atoms with Gasteiger partial charge in [0.2, 0.25) is 0 Å². The third-order valence-corrected chi connectivity index (χ3v) is 3.46. The van der Waals surface area contributed by atoms with E-state index in [1.165, 1.54) is 33.0 Å². The Morgan fingerprint density at radius 2 is 1.56 bits per heavy atom. The molecule has 0 unspecified atom stereocenters. The van der Waals surface area contributed by atoms with Gasteiger partial charge in [-0.15, -0.1) is 0 Å².